The van der Waals surface area contributed by atoms with Crippen molar-refractivity contribution < 1.29 is 104 Å². The Labute approximate surface area is 378 Å². The van der Waals surface area contributed by atoms with E-state index in [0.29, 0.717) is 59.4 Å². The molecule has 0 aliphatic carbocycles. The number of esters is 2. The third kappa shape index (κ3) is 16.4. The molecule has 4 aromatic carbocycles. The van der Waals surface area contributed by atoms with E-state index in [9.17, 15) is 35.5 Å². The predicted molar refractivity (Wildman–Crippen MR) is 201 cm³/mol. The molecule has 0 bridgehead atoms. The van der Waals surface area contributed by atoms with E-state index >= 15 is 0 Å². The van der Waals surface area contributed by atoms with Gasteiger partial charge in [0, 0.05) is 11.5 Å². The first-order valence-corrected chi connectivity index (χ1v) is 22.0. The summed E-state index contributed by atoms with van der Waals surface area (Å²) < 4.78 is 77.3. The van der Waals surface area contributed by atoms with Crippen molar-refractivity contribution in [3.8, 4) is 0 Å². The van der Waals surface area contributed by atoms with Gasteiger partial charge < -0.3 is 18.6 Å². The Hall–Kier alpha value is -1.08. The summed E-state index contributed by atoms with van der Waals surface area (Å²) in [6, 6.07) is 25.1. The number of alkyl halides is 2. The molecule has 278 valence electrons. The molecule has 10 nitrogen and oxygen atoms in total. The molecule has 0 spiro atoms. The standard InChI is InChI=1S/C36H36Cl2O10S4.2Na/c37-33(27-11-15-31(16-12-27)51(41,42)43)19-5-25-1-7-29(8-2-25)35(39)47-21-23-49-50-24-22-48-36(40)30-9-3-26(4-10-30)6-20-34(38)28-13-17-32(18-14-28)52(44,45)46;;/h1-4,7-18,33-34H,5-6,19-24H2,(H,41,42,43)(H,44,45,46);;/q;2*+1/p-2. The average Bonchev–Trinajstić information content (AvgIpc) is 3.13. The van der Waals surface area contributed by atoms with E-state index in [1.54, 1.807) is 24.3 Å². The molecule has 0 amide bonds. The second-order valence-electron chi connectivity index (χ2n) is 11.4. The van der Waals surface area contributed by atoms with Crippen LogP contribution in [-0.2, 0) is 42.6 Å². The maximum atomic E-state index is 12.4. The molecule has 0 heterocycles. The fourth-order valence-corrected chi connectivity index (χ4v) is 7.94. The van der Waals surface area contributed by atoms with Crippen LogP contribution < -0.4 is 59.1 Å². The fraction of sp³-hybridized carbons (Fsp3) is 0.278. The van der Waals surface area contributed by atoms with Crippen molar-refractivity contribution in [1.82, 2.24) is 0 Å². The van der Waals surface area contributed by atoms with Gasteiger partial charge in [0.2, 0.25) is 0 Å². The molecule has 0 saturated carbocycles. The molecular formula is C36H34Cl2Na2O10S4. The van der Waals surface area contributed by atoms with Gasteiger partial charge in [-0.2, -0.15) is 0 Å². The summed E-state index contributed by atoms with van der Waals surface area (Å²) in [6.07, 6.45) is 2.38. The topological polar surface area (TPSA) is 167 Å². The molecule has 4 rings (SSSR count). The van der Waals surface area contributed by atoms with E-state index < -0.39 is 32.2 Å². The molecular weight excluding hydrogens is 838 g/mol. The van der Waals surface area contributed by atoms with Crippen molar-refractivity contribution in [2.45, 2.75) is 46.2 Å². The van der Waals surface area contributed by atoms with E-state index in [1.807, 2.05) is 24.3 Å². The number of hydrogen-bond donors (Lipinski definition) is 0. The molecule has 4 aromatic rings. The van der Waals surface area contributed by atoms with E-state index in [1.165, 1.54) is 70.1 Å². The Morgan fingerprint density at radius 1 is 0.556 bits per heavy atom. The first kappa shape index (κ1) is 49.1. The van der Waals surface area contributed by atoms with Crippen LogP contribution in [0.25, 0.3) is 0 Å². The maximum absolute atomic E-state index is 12.4. The second kappa shape index (κ2) is 24.0. The number of aryl methyl sites for hydroxylation is 2. The van der Waals surface area contributed by atoms with Gasteiger partial charge in [0.05, 0.1) is 31.7 Å². The largest absolute Gasteiger partial charge is 1.00 e. The number of hydrogen-bond acceptors (Lipinski definition) is 12. The summed E-state index contributed by atoms with van der Waals surface area (Å²) in [7, 11) is -6.02. The molecule has 18 heteroatoms. The van der Waals surface area contributed by atoms with Gasteiger partial charge in [-0.25, -0.2) is 26.4 Å². The molecule has 0 aliphatic heterocycles. The van der Waals surface area contributed by atoms with Gasteiger partial charge in [-0.3, -0.25) is 0 Å². The van der Waals surface area contributed by atoms with Gasteiger partial charge in [0.25, 0.3) is 0 Å². The van der Waals surface area contributed by atoms with Crippen LogP contribution in [0.5, 0.6) is 0 Å². The molecule has 2 atom stereocenters. The summed E-state index contributed by atoms with van der Waals surface area (Å²) in [5, 5.41) is -0.760. The quantitative estimate of drug-likeness (QED) is 0.0335. The molecule has 2 unspecified atom stereocenters. The Morgan fingerprint density at radius 3 is 1.17 bits per heavy atom. The normalized spacial score (nSPS) is 12.4. The summed E-state index contributed by atoms with van der Waals surface area (Å²) in [6.45, 7) is 0.431. The zero-order valence-corrected chi connectivity index (χ0v) is 38.3. The zero-order chi connectivity index (χ0) is 37.7. The first-order chi connectivity index (χ1) is 24.7. The number of carbonyl (C=O) groups is 2. The van der Waals surface area contributed by atoms with Crippen molar-refractivity contribution in [2.24, 2.45) is 0 Å². The van der Waals surface area contributed by atoms with Crippen LogP contribution in [0.3, 0.4) is 0 Å². The molecule has 0 aromatic heterocycles. The van der Waals surface area contributed by atoms with Gasteiger partial charge in [-0.05, 0) is 96.5 Å². The minimum atomic E-state index is -4.51. The van der Waals surface area contributed by atoms with Crippen LogP contribution in [0.1, 0.15) is 66.6 Å². The molecule has 0 fully saturated rings. The number of carbonyl (C=O) groups excluding carboxylic acids is 2. The van der Waals surface area contributed by atoms with Crippen molar-refractivity contribution in [3.63, 3.8) is 0 Å². The van der Waals surface area contributed by atoms with E-state index in [4.69, 9.17) is 32.7 Å². The van der Waals surface area contributed by atoms with Crippen molar-refractivity contribution >= 4 is 77.0 Å². The van der Waals surface area contributed by atoms with Crippen LogP contribution in [0.2, 0.25) is 0 Å². The van der Waals surface area contributed by atoms with Crippen LogP contribution in [0.4, 0.5) is 0 Å². The van der Waals surface area contributed by atoms with Crippen molar-refractivity contribution in [1.29, 1.82) is 0 Å². The van der Waals surface area contributed by atoms with Crippen molar-refractivity contribution in [3.05, 3.63) is 130 Å². The predicted octanol–water partition coefficient (Wildman–Crippen LogP) is 1.72. The summed E-state index contributed by atoms with van der Waals surface area (Å²) in [5.74, 6) is 0.238. The Morgan fingerprint density at radius 2 is 0.870 bits per heavy atom. The molecule has 0 saturated heterocycles. The van der Waals surface area contributed by atoms with Crippen LogP contribution in [0.15, 0.2) is 107 Å². The Balaban J connectivity index is 0.00000504. The number of rotatable bonds is 19. The van der Waals surface area contributed by atoms with Crippen LogP contribution in [-0.4, -0.2) is 62.6 Å². The Bertz CT molecular complexity index is 1860. The summed E-state index contributed by atoms with van der Waals surface area (Å²) in [4.78, 5) is 24.2. The zero-order valence-electron chi connectivity index (χ0n) is 29.5. The van der Waals surface area contributed by atoms with Gasteiger partial charge in [0.1, 0.15) is 33.5 Å². The van der Waals surface area contributed by atoms with Gasteiger partial charge >= 0.3 is 71.1 Å². The van der Waals surface area contributed by atoms with Gasteiger partial charge in [-0.15, -0.1) is 23.2 Å². The van der Waals surface area contributed by atoms with Crippen LogP contribution >= 0.6 is 44.8 Å². The van der Waals surface area contributed by atoms with Gasteiger partial charge in [0.15, 0.2) is 0 Å². The monoisotopic (exact) mass is 870 g/mol. The third-order valence-electron chi connectivity index (χ3n) is 7.70. The number of benzene rings is 4. The van der Waals surface area contributed by atoms with Crippen LogP contribution in [0, 0.1) is 0 Å². The fourth-order valence-electron chi connectivity index (χ4n) is 4.84. The summed E-state index contributed by atoms with van der Waals surface area (Å²) >= 11 is 12.9. The van der Waals surface area contributed by atoms with Gasteiger partial charge in [-0.1, -0.05) is 70.1 Å². The molecule has 54 heavy (non-hydrogen) atoms. The van der Waals surface area contributed by atoms with Crippen molar-refractivity contribution in [2.75, 3.05) is 24.7 Å². The number of halogens is 2. The van der Waals surface area contributed by atoms with E-state index in [0.717, 1.165) is 11.1 Å². The third-order valence-corrected chi connectivity index (χ3v) is 12.7. The van der Waals surface area contributed by atoms with E-state index in [-0.39, 0.29) is 92.9 Å². The Kier molecular flexibility index (Phi) is 21.8. The SMILES string of the molecule is O=C(OCCSSCCOC(=O)c1ccc(CCC(Cl)c2ccc(S(=O)(=O)[O-])cc2)cc1)c1ccc(CCC(Cl)c2ccc(S(=O)(=O)[O-])cc2)cc1.[Na+].[Na+]. The smallest absolute Gasteiger partial charge is 0.744 e. The molecule has 0 radical (unpaired) electrons. The first-order valence-electron chi connectivity index (χ1n) is 15.9. The maximum Gasteiger partial charge on any atom is 1.00 e. The summed E-state index contributed by atoms with van der Waals surface area (Å²) in [5.41, 5.74) is 4.19. The minimum absolute atomic E-state index is 0. The average molecular weight is 872 g/mol. The van der Waals surface area contributed by atoms with E-state index in [2.05, 4.69) is 0 Å². The second-order valence-corrected chi connectivity index (χ2v) is 17.9. The number of ether oxygens (including phenoxy) is 2. The molecule has 0 aliphatic rings. The molecule has 0 N–H and O–H groups in total. The minimum Gasteiger partial charge on any atom is -0.744 e.